The molecule has 2 fully saturated rings. The molecule has 0 spiro atoms. The van der Waals surface area contributed by atoms with Crippen LogP contribution >= 0.6 is 0 Å². The Hall–Kier alpha value is -0.650. The molecule has 2 heterocycles. The highest BCUT2D eigenvalue weighted by Gasteiger charge is 2.26. The van der Waals surface area contributed by atoms with Gasteiger partial charge < -0.3 is 15.5 Å². The summed E-state index contributed by atoms with van der Waals surface area (Å²) in [6, 6.07) is 0.334. The fourth-order valence-corrected chi connectivity index (χ4v) is 3.11. The molecule has 5 heteroatoms. The van der Waals surface area contributed by atoms with Gasteiger partial charge in [0.15, 0.2) is 0 Å². The lowest BCUT2D eigenvalue weighted by atomic mass is 10.0. The Morgan fingerprint density at radius 1 is 1.21 bits per heavy atom. The molecule has 2 rings (SSSR count). The van der Waals surface area contributed by atoms with Crippen LogP contribution in [0.1, 0.15) is 26.2 Å². The zero-order chi connectivity index (χ0) is 13.8. The Bertz CT molecular complexity index is 300. The summed E-state index contributed by atoms with van der Waals surface area (Å²) in [4.78, 5) is 18.7. The normalized spacial score (nSPS) is 28.4. The molecule has 110 valence electrons. The Labute approximate surface area is 116 Å². The molecule has 2 saturated heterocycles. The quantitative estimate of drug-likeness (QED) is 0.780. The number of likely N-dealkylation sites (tertiary alicyclic amines) is 1. The number of piperidine rings is 1. The number of amides is 1. The minimum Gasteiger partial charge on any atom is -0.339 e. The average Bonchev–Trinajstić information content (AvgIpc) is 2.41. The molecule has 0 aliphatic carbocycles. The molecule has 2 aliphatic heterocycles. The molecule has 1 amide bonds. The minimum atomic E-state index is -0.365. The van der Waals surface area contributed by atoms with E-state index in [4.69, 9.17) is 5.73 Å². The summed E-state index contributed by atoms with van der Waals surface area (Å²) in [7, 11) is 2.24. The van der Waals surface area contributed by atoms with Gasteiger partial charge in [0.2, 0.25) is 5.91 Å². The van der Waals surface area contributed by atoms with Gasteiger partial charge >= 0.3 is 0 Å². The van der Waals surface area contributed by atoms with Crippen molar-refractivity contribution in [3.05, 3.63) is 0 Å². The fourth-order valence-electron chi connectivity index (χ4n) is 3.11. The van der Waals surface area contributed by atoms with Crippen molar-refractivity contribution in [1.82, 2.24) is 14.7 Å². The van der Waals surface area contributed by atoms with E-state index in [0.29, 0.717) is 6.04 Å². The molecule has 2 atom stereocenters. The predicted molar refractivity (Wildman–Crippen MR) is 76.9 cm³/mol. The van der Waals surface area contributed by atoms with Crippen LogP contribution in [0.3, 0.4) is 0 Å². The largest absolute Gasteiger partial charge is 0.339 e. The lowest BCUT2D eigenvalue weighted by molar-refractivity contribution is -0.134. The first-order chi connectivity index (χ1) is 9.08. The number of hydrogen-bond acceptors (Lipinski definition) is 4. The molecule has 0 aromatic carbocycles. The van der Waals surface area contributed by atoms with Crippen LogP contribution in [-0.2, 0) is 4.79 Å². The molecule has 0 saturated carbocycles. The van der Waals surface area contributed by atoms with Crippen molar-refractivity contribution in [3.63, 3.8) is 0 Å². The van der Waals surface area contributed by atoms with Crippen LogP contribution in [0.4, 0.5) is 0 Å². The molecular weight excluding hydrogens is 240 g/mol. The maximum atomic E-state index is 11.8. The number of rotatable bonds is 3. The zero-order valence-corrected chi connectivity index (χ0v) is 12.3. The van der Waals surface area contributed by atoms with Crippen LogP contribution < -0.4 is 5.73 Å². The topological polar surface area (TPSA) is 52.8 Å². The molecule has 19 heavy (non-hydrogen) atoms. The molecule has 0 aromatic rings. The summed E-state index contributed by atoms with van der Waals surface area (Å²) in [5.41, 5.74) is 5.66. The van der Waals surface area contributed by atoms with Crippen molar-refractivity contribution in [2.24, 2.45) is 5.73 Å². The highest BCUT2D eigenvalue weighted by atomic mass is 16.2. The summed E-state index contributed by atoms with van der Waals surface area (Å²) >= 11 is 0. The van der Waals surface area contributed by atoms with Crippen LogP contribution in [-0.4, -0.2) is 79.0 Å². The first-order valence-corrected chi connectivity index (χ1v) is 7.55. The van der Waals surface area contributed by atoms with Crippen molar-refractivity contribution in [2.75, 3.05) is 46.3 Å². The van der Waals surface area contributed by atoms with E-state index in [1.165, 1.54) is 25.8 Å². The lowest BCUT2D eigenvalue weighted by Gasteiger charge is -2.40. The molecule has 1 unspecified atom stereocenters. The third kappa shape index (κ3) is 3.91. The molecular formula is C14H28N4O. The number of hydrogen-bond donors (Lipinski definition) is 1. The number of likely N-dealkylation sites (N-methyl/N-ethyl adjacent to an activating group) is 1. The first-order valence-electron chi connectivity index (χ1n) is 7.55. The molecule has 2 aliphatic rings. The molecule has 0 radical (unpaired) electrons. The van der Waals surface area contributed by atoms with E-state index in [2.05, 4.69) is 16.8 Å². The SMILES string of the molecule is C[C@@H](N)C(=O)N1CCN(CC2CCCCN2C)CC1. The van der Waals surface area contributed by atoms with Gasteiger partial charge in [-0.1, -0.05) is 6.42 Å². The standard InChI is InChI=1S/C14H28N4O/c1-12(15)14(19)18-9-7-17(8-10-18)11-13-5-3-4-6-16(13)2/h12-13H,3-11,15H2,1-2H3/t12-,13?/m1/s1. The van der Waals surface area contributed by atoms with E-state index >= 15 is 0 Å². The molecule has 0 bridgehead atoms. The number of carbonyl (C=O) groups excluding carboxylic acids is 1. The van der Waals surface area contributed by atoms with Gasteiger partial charge in [-0.25, -0.2) is 0 Å². The van der Waals surface area contributed by atoms with Crippen molar-refractivity contribution in [2.45, 2.75) is 38.3 Å². The van der Waals surface area contributed by atoms with Crippen molar-refractivity contribution in [3.8, 4) is 0 Å². The van der Waals surface area contributed by atoms with Crippen molar-refractivity contribution < 1.29 is 4.79 Å². The van der Waals surface area contributed by atoms with E-state index in [9.17, 15) is 4.79 Å². The van der Waals surface area contributed by atoms with Gasteiger partial charge in [0.05, 0.1) is 6.04 Å². The van der Waals surface area contributed by atoms with E-state index in [1.54, 1.807) is 6.92 Å². The third-order valence-electron chi connectivity index (χ3n) is 4.46. The van der Waals surface area contributed by atoms with Crippen LogP contribution in [0, 0.1) is 0 Å². The monoisotopic (exact) mass is 268 g/mol. The van der Waals surface area contributed by atoms with Crippen LogP contribution in [0.5, 0.6) is 0 Å². The Morgan fingerprint density at radius 2 is 1.89 bits per heavy atom. The predicted octanol–water partition coefficient (Wildman–Crippen LogP) is -0.0379. The van der Waals surface area contributed by atoms with Gasteiger partial charge in [-0.2, -0.15) is 0 Å². The van der Waals surface area contributed by atoms with Crippen LogP contribution in [0.15, 0.2) is 0 Å². The second-order valence-corrected chi connectivity index (χ2v) is 6.04. The minimum absolute atomic E-state index is 0.0921. The van der Waals surface area contributed by atoms with Gasteiger partial charge in [-0.3, -0.25) is 9.69 Å². The van der Waals surface area contributed by atoms with E-state index < -0.39 is 0 Å². The van der Waals surface area contributed by atoms with E-state index in [-0.39, 0.29) is 11.9 Å². The Balaban J connectivity index is 1.75. The Kier molecular flexibility index (Phi) is 5.19. The molecule has 5 nitrogen and oxygen atoms in total. The van der Waals surface area contributed by atoms with Gasteiger partial charge in [-0.05, 0) is 33.4 Å². The number of nitrogens with two attached hydrogens (primary N) is 1. The van der Waals surface area contributed by atoms with Gasteiger partial charge in [0.1, 0.15) is 0 Å². The Morgan fingerprint density at radius 3 is 2.47 bits per heavy atom. The van der Waals surface area contributed by atoms with E-state index in [0.717, 1.165) is 32.7 Å². The summed E-state index contributed by atoms with van der Waals surface area (Å²) in [6.07, 6.45) is 4.01. The smallest absolute Gasteiger partial charge is 0.239 e. The van der Waals surface area contributed by atoms with Crippen molar-refractivity contribution in [1.29, 1.82) is 0 Å². The maximum absolute atomic E-state index is 11.8. The average molecular weight is 268 g/mol. The summed E-state index contributed by atoms with van der Waals surface area (Å²) in [5, 5.41) is 0. The first kappa shape index (κ1) is 14.8. The third-order valence-corrected chi connectivity index (χ3v) is 4.46. The van der Waals surface area contributed by atoms with Gasteiger partial charge in [0.25, 0.3) is 0 Å². The van der Waals surface area contributed by atoms with Crippen LogP contribution in [0.2, 0.25) is 0 Å². The summed E-state index contributed by atoms with van der Waals surface area (Å²) in [5.74, 6) is 0.0921. The van der Waals surface area contributed by atoms with Gasteiger partial charge in [0, 0.05) is 38.8 Å². The number of nitrogens with zero attached hydrogens (tertiary/aromatic N) is 3. The maximum Gasteiger partial charge on any atom is 0.239 e. The van der Waals surface area contributed by atoms with Gasteiger partial charge in [-0.15, -0.1) is 0 Å². The van der Waals surface area contributed by atoms with Crippen LogP contribution in [0.25, 0.3) is 0 Å². The highest BCUT2D eigenvalue weighted by Crippen LogP contribution is 2.16. The second kappa shape index (κ2) is 6.68. The second-order valence-electron chi connectivity index (χ2n) is 6.04. The number of piperazine rings is 1. The molecule has 2 N–H and O–H groups in total. The zero-order valence-electron chi connectivity index (χ0n) is 12.3. The summed E-state index contributed by atoms with van der Waals surface area (Å²) < 4.78 is 0. The fraction of sp³-hybridized carbons (Fsp3) is 0.929. The summed E-state index contributed by atoms with van der Waals surface area (Å²) in [6.45, 7) is 7.79. The van der Waals surface area contributed by atoms with E-state index in [1.807, 2.05) is 4.90 Å². The molecule has 0 aromatic heterocycles. The number of carbonyl (C=O) groups is 1. The highest BCUT2D eigenvalue weighted by molar-refractivity contribution is 5.81. The lowest BCUT2D eigenvalue weighted by Crippen LogP contribution is -2.55. The van der Waals surface area contributed by atoms with Crippen molar-refractivity contribution >= 4 is 5.91 Å².